The molecule has 0 atom stereocenters. The van der Waals surface area contributed by atoms with Crippen molar-refractivity contribution in [2.75, 3.05) is 57.4 Å². The van der Waals surface area contributed by atoms with E-state index in [0.717, 1.165) is 44.2 Å². The summed E-state index contributed by atoms with van der Waals surface area (Å²) < 4.78 is 5.81. The minimum atomic E-state index is -0.180. The fraction of sp³-hybridized carbons (Fsp3) is 0.350. The number of ether oxygens (including phenoxy) is 1. The Morgan fingerprint density at radius 2 is 1.69 bits per heavy atom. The number of likely N-dealkylation sites (N-methyl/N-ethyl adjacent to an activating group) is 1. The summed E-state index contributed by atoms with van der Waals surface area (Å²) in [6.45, 7) is 6.01. The molecule has 162 valence electrons. The Morgan fingerprint density at radius 3 is 2.31 bits per heavy atom. The molecule has 3 rings (SSSR count). The van der Waals surface area contributed by atoms with Gasteiger partial charge in [0, 0.05) is 49.7 Å². The Hall–Kier alpha value is -1.70. The SMILES string of the molecule is CN1CCN(CCOc2ccc(NC(=O)c3cccc(N)c3)cc2)CC1.Cl.Cl.Cl. The van der Waals surface area contributed by atoms with Crippen molar-refractivity contribution in [2.45, 2.75) is 0 Å². The number of rotatable bonds is 6. The molecule has 0 aromatic heterocycles. The molecule has 1 fully saturated rings. The number of anilines is 2. The average Bonchev–Trinajstić information content (AvgIpc) is 2.65. The maximum atomic E-state index is 12.2. The first-order valence-corrected chi connectivity index (χ1v) is 8.91. The molecule has 0 radical (unpaired) electrons. The molecule has 3 N–H and O–H groups in total. The molecule has 9 heteroatoms. The Kier molecular flexibility index (Phi) is 12.7. The maximum Gasteiger partial charge on any atom is 0.255 e. The third-order valence-corrected chi connectivity index (χ3v) is 4.53. The Morgan fingerprint density at radius 1 is 1.03 bits per heavy atom. The van der Waals surface area contributed by atoms with Crippen LogP contribution in [0.3, 0.4) is 0 Å². The highest BCUT2D eigenvalue weighted by Gasteiger charge is 2.13. The van der Waals surface area contributed by atoms with Crippen molar-refractivity contribution in [1.82, 2.24) is 9.80 Å². The summed E-state index contributed by atoms with van der Waals surface area (Å²) in [5.41, 5.74) is 7.55. The Bertz CT molecular complexity index is 739. The number of piperazine rings is 1. The van der Waals surface area contributed by atoms with Crippen LogP contribution in [0.2, 0.25) is 0 Å². The van der Waals surface area contributed by atoms with Gasteiger partial charge in [0.2, 0.25) is 0 Å². The number of carbonyl (C=O) groups is 1. The van der Waals surface area contributed by atoms with Gasteiger partial charge in [-0.25, -0.2) is 0 Å². The van der Waals surface area contributed by atoms with Crippen LogP contribution in [0.25, 0.3) is 0 Å². The highest BCUT2D eigenvalue weighted by atomic mass is 35.5. The molecule has 0 unspecified atom stereocenters. The molecule has 0 aliphatic carbocycles. The van der Waals surface area contributed by atoms with Crippen LogP contribution in [0.1, 0.15) is 10.4 Å². The zero-order valence-electron chi connectivity index (χ0n) is 16.4. The van der Waals surface area contributed by atoms with Gasteiger partial charge in [-0.2, -0.15) is 0 Å². The van der Waals surface area contributed by atoms with E-state index >= 15 is 0 Å². The molecule has 2 aromatic rings. The standard InChI is InChI=1S/C20H26N4O2.3ClH/c1-23-9-11-24(12-10-23)13-14-26-19-7-5-18(6-8-19)22-20(25)16-3-2-4-17(21)15-16;;;/h2-8,15H,9-14,21H2,1H3,(H,22,25);3*1H. The minimum absolute atomic E-state index is 0. The molecule has 29 heavy (non-hydrogen) atoms. The predicted molar refractivity (Wildman–Crippen MR) is 126 cm³/mol. The molecule has 1 saturated heterocycles. The van der Waals surface area contributed by atoms with Crippen molar-refractivity contribution in [3.05, 3.63) is 54.1 Å². The van der Waals surface area contributed by atoms with Crippen LogP contribution < -0.4 is 15.8 Å². The van der Waals surface area contributed by atoms with Crippen molar-refractivity contribution in [3.63, 3.8) is 0 Å². The molecule has 6 nitrogen and oxygen atoms in total. The minimum Gasteiger partial charge on any atom is -0.492 e. The van der Waals surface area contributed by atoms with Crippen LogP contribution in [0.15, 0.2) is 48.5 Å². The molecule has 0 saturated carbocycles. The van der Waals surface area contributed by atoms with Crippen LogP contribution in [0.5, 0.6) is 5.75 Å². The number of benzene rings is 2. The summed E-state index contributed by atoms with van der Waals surface area (Å²) in [7, 11) is 2.15. The van der Waals surface area contributed by atoms with Crippen LogP contribution in [-0.4, -0.2) is 62.1 Å². The van der Waals surface area contributed by atoms with E-state index in [1.165, 1.54) is 0 Å². The first-order valence-electron chi connectivity index (χ1n) is 8.91. The van der Waals surface area contributed by atoms with Crippen molar-refractivity contribution < 1.29 is 9.53 Å². The second-order valence-electron chi connectivity index (χ2n) is 6.60. The van der Waals surface area contributed by atoms with Crippen LogP contribution in [0, 0.1) is 0 Å². The normalized spacial score (nSPS) is 14.0. The summed E-state index contributed by atoms with van der Waals surface area (Å²) in [4.78, 5) is 17.0. The largest absolute Gasteiger partial charge is 0.492 e. The van der Waals surface area contributed by atoms with E-state index in [1.807, 2.05) is 24.3 Å². The lowest BCUT2D eigenvalue weighted by atomic mass is 10.2. The number of carbonyl (C=O) groups excluding carboxylic acids is 1. The maximum absolute atomic E-state index is 12.2. The van der Waals surface area contributed by atoms with Gasteiger partial charge in [0.25, 0.3) is 5.91 Å². The first-order chi connectivity index (χ1) is 12.6. The van der Waals surface area contributed by atoms with Gasteiger partial charge in [0.15, 0.2) is 0 Å². The second kappa shape index (κ2) is 13.5. The molecule has 0 bridgehead atoms. The zero-order chi connectivity index (χ0) is 18.4. The predicted octanol–water partition coefficient (Wildman–Crippen LogP) is 3.41. The lowest BCUT2D eigenvalue weighted by molar-refractivity contribution is 0.102. The van der Waals surface area contributed by atoms with Crippen molar-refractivity contribution in [3.8, 4) is 5.75 Å². The number of amides is 1. The second-order valence-corrected chi connectivity index (χ2v) is 6.60. The lowest BCUT2D eigenvalue weighted by Gasteiger charge is -2.32. The molecule has 1 aliphatic rings. The molecule has 0 spiro atoms. The van der Waals surface area contributed by atoms with Gasteiger partial charge in [-0.15, -0.1) is 37.2 Å². The van der Waals surface area contributed by atoms with Crippen molar-refractivity contribution in [1.29, 1.82) is 0 Å². The van der Waals surface area contributed by atoms with Crippen LogP contribution in [0.4, 0.5) is 11.4 Å². The summed E-state index contributed by atoms with van der Waals surface area (Å²) in [6, 6.07) is 14.3. The van der Waals surface area contributed by atoms with Crippen LogP contribution in [-0.2, 0) is 0 Å². The van der Waals surface area contributed by atoms with E-state index in [-0.39, 0.29) is 43.1 Å². The number of nitrogens with zero attached hydrogens (tertiary/aromatic N) is 2. The summed E-state index contributed by atoms with van der Waals surface area (Å²) in [6.07, 6.45) is 0. The highest BCUT2D eigenvalue weighted by Crippen LogP contribution is 2.17. The van der Waals surface area contributed by atoms with Gasteiger partial charge in [-0.3, -0.25) is 9.69 Å². The molecular weight excluding hydrogens is 435 g/mol. The Balaban J connectivity index is 0.00000261. The molecule has 1 amide bonds. The smallest absolute Gasteiger partial charge is 0.255 e. The summed E-state index contributed by atoms with van der Waals surface area (Å²) >= 11 is 0. The zero-order valence-corrected chi connectivity index (χ0v) is 18.8. The van der Waals surface area contributed by atoms with Crippen molar-refractivity contribution >= 4 is 54.5 Å². The van der Waals surface area contributed by atoms with Gasteiger partial charge in [-0.05, 0) is 49.5 Å². The van der Waals surface area contributed by atoms with E-state index in [9.17, 15) is 4.79 Å². The fourth-order valence-corrected chi connectivity index (χ4v) is 2.88. The van der Waals surface area contributed by atoms with Gasteiger partial charge in [0.05, 0.1) is 0 Å². The lowest BCUT2D eigenvalue weighted by Crippen LogP contribution is -2.45. The van der Waals surface area contributed by atoms with Gasteiger partial charge in [0.1, 0.15) is 12.4 Å². The number of nitrogens with one attached hydrogen (secondary N) is 1. The summed E-state index contributed by atoms with van der Waals surface area (Å²) in [5, 5.41) is 2.86. The van der Waals surface area contributed by atoms with E-state index in [0.29, 0.717) is 17.9 Å². The number of hydrogen-bond acceptors (Lipinski definition) is 5. The fourth-order valence-electron chi connectivity index (χ4n) is 2.88. The third kappa shape index (κ3) is 8.68. The third-order valence-electron chi connectivity index (χ3n) is 4.53. The van der Waals surface area contributed by atoms with Crippen LogP contribution >= 0.6 is 37.2 Å². The number of hydrogen-bond donors (Lipinski definition) is 2. The molecule has 2 aromatic carbocycles. The number of halogens is 3. The monoisotopic (exact) mass is 462 g/mol. The van der Waals surface area contributed by atoms with E-state index < -0.39 is 0 Å². The topological polar surface area (TPSA) is 70.8 Å². The molecule has 1 aliphatic heterocycles. The summed E-state index contributed by atoms with van der Waals surface area (Å²) in [5.74, 6) is 0.627. The van der Waals surface area contributed by atoms with E-state index in [2.05, 4.69) is 22.2 Å². The quantitative estimate of drug-likeness (QED) is 0.642. The molecule has 1 heterocycles. The molecular formula is C20H29Cl3N4O2. The van der Waals surface area contributed by atoms with Crippen molar-refractivity contribution in [2.24, 2.45) is 0 Å². The Labute approximate surface area is 191 Å². The van der Waals surface area contributed by atoms with Gasteiger partial charge < -0.3 is 20.7 Å². The average molecular weight is 464 g/mol. The van der Waals surface area contributed by atoms with E-state index in [4.69, 9.17) is 10.5 Å². The number of nitrogens with two attached hydrogens (primary N) is 1. The highest BCUT2D eigenvalue weighted by molar-refractivity contribution is 6.04. The van der Waals surface area contributed by atoms with E-state index in [1.54, 1.807) is 24.3 Å². The first kappa shape index (κ1) is 27.3. The van der Waals surface area contributed by atoms with Gasteiger partial charge >= 0.3 is 0 Å². The van der Waals surface area contributed by atoms with Gasteiger partial charge in [-0.1, -0.05) is 6.07 Å². The number of nitrogen functional groups attached to an aromatic ring is 1.